The van der Waals surface area contributed by atoms with Gasteiger partial charge < -0.3 is 24.9 Å². The Kier molecular flexibility index (Phi) is 6.74. The van der Waals surface area contributed by atoms with Crippen molar-refractivity contribution in [2.24, 2.45) is 4.99 Å². The van der Waals surface area contributed by atoms with Crippen LogP contribution >= 0.6 is 23.5 Å². The molecule has 142 valence electrons. The number of nitrogen functional groups attached to an aromatic ring is 1. The summed E-state index contributed by atoms with van der Waals surface area (Å²) in [5, 5.41) is 2.13. The van der Waals surface area contributed by atoms with Crippen molar-refractivity contribution in [2.75, 3.05) is 45.1 Å². The predicted octanol–water partition coefficient (Wildman–Crippen LogP) is 3.36. The van der Waals surface area contributed by atoms with E-state index in [2.05, 4.69) is 22.3 Å². The van der Waals surface area contributed by atoms with Crippen molar-refractivity contribution in [1.82, 2.24) is 4.98 Å². The SMILES string of the molecule is COC(OC)C1CN=C(c2cc3cc(OCCCSC)cc(N)c3[nH]2)S1. The normalized spacial score (nSPS) is 17.2. The number of aromatic amines is 1. The van der Waals surface area contributed by atoms with Crippen LogP contribution in [0, 0.1) is 0 Å². The summed E-state index contributed by atoms with van der Waals surface area (Å²) in [5.41, 5.74) is 8.77. The monoisotopic (exact) mass is 395 g/mol. The molecule has 26 heavy (non-hydrogen) atoms. The molecule has 1 aliphatic heterocycles. The summed E-state index contributed by atoms with van der Waals surface area (Å²) >= 11 is 3.48. The number of nitrogens with two attached hydrogens (primary N) is 1. The highest BCUT2D eigenvalue weighted by Gasteiger charge is 2.29. The summed E-state index contributed by atoms with van der Waals surface area (Å²) in [7, 11) is 3.30. The van der Waals surface area contributed by atoms with Crippen LogP contribution in [-0.4, -0.2) is 60.9 Å². The number of fused-ring (bicyclic) bond motifs is 1. The fraction of sp³-hybridized carbons (Fsp3) is 0.500. The molecule has 2 heterocycles. The fourth-order valence-corrected chi connectivity index (χ4v) is 4.48. The van der Waals surface area contributed by atoms with Crippen LogP contribution in [0.1, 0.15) is 12.1 Å². The van der Waals surface area contributed by atoms with Crippen molar-refractivity contribution in [2.45, 2.75) is 18.0 Å². The lowest BCUT2D eigenvalue weighted by molar-refractivity contribution is -0.0994. The van der Waals surface area contributed by atoms with Crippen LogP contribution in [0.2, 0.25) is 0 Å². The van der Waals surface area contributed by atoms with E-state index in [0.717, 1.165) is 39.6 Å². The third-order valence-corrected chi connectivity index (χ3v) is 6.11. The molecule has 1 aliphatic rings. The van der Waals surface area contributed by atoms with Crippen LogP contribution in [0.4, 0.5) is 5.69 Å². The number of nitrogens with one attached hydrogen (secondary N) is 1. The van der Waals surface area contributed by atoms with Gasteiger partial charge in [-0.1, -0.05) is 11.8 Å². The number of hydrogen-bond donors (Lipinski definition) is 2. The molecule has 1 atom stereocenters. The minimum absolute atomic E-state index is 0.152. The average Bonchev–Trinajstić information content (AvgIpc) is 3.27. The van der Waals surface area contributed by atoms with E-state index < -0.39 is 0 Å². The third-order valence-electron chi connectivity index (χ3n) is 4.17. The lowest BCUT2D eigenvalue weighted by Crippen LogP contribution is -2.28. The number of H-pyrrole nitrogens is 1. The van der Waals surface area contributed by atoms with Gasteiger partial charge in [-0.2, -0.15) is 11.8 Å². The van der Waals surface area contributed by atoms with E-state index >= 15 is 0 Å². The van der Waals surface area contributed by atoms with Crippen LogP contribution in [-0.2, 0) is 9.47 Å². The number of aromatic nitrogens is 1. The number of ether oxygens (including phenoxy) is 3. The molecule has 3 N–H and O–H groups in total. The Bertz CT molecular complexity index is 774. The smallest absolute Gasteiger partial charge is 0.170 e. The molecule has 0 amide bonds. The van der Waals surface area contributed by atoms with E-state index in [9.17, 15) is 0 Å². The van der Waals surface area contributed by atoms with Gasteiger partial charge in [-0.05, 0) is 30.6 Å². The summed E-state index contributed by atoms with van der Waals surface area (Å²) in [5.74, 6) is 1.90. The first-order valence-corrected chi connectivity index (χ1v) is 10.7. The molecule has 0 saturated carbocycles. The summed E-state index contributed by atoms with van der Waals surface area (Å²) < 4.78 is 16.5. The zero-order valence-electron chi connectivity index (χ0n) is 15.3. The van der Waals surface area contributed by atoms with Crippen molar-refractivity contribution in [1.29, 1.82) is 0 Å². The second-order valence-electron chi connectivity index (χ2n) is 6.00. The van der Waals surface area contributed by atoms with E-state index in [0.29, 0.717) is 18.8 Å². The van der Waals surface area contributed by atoms with Gasteiger partial charge in [0, 0.05) is 25.7 Å². The minimum atomic E-state index is -0.267. The van der Waals surface area contributed by atoms with E-state index in [1.807, 2.05) is 23.9 Å². The van der Waals surface area contributed by atoms with Crippen molar-refractivity contribution >= 4 is 45.2 Å². The first-order valence-electron chi connectivity index (χ1n) is 8.47. The Morgan fingerprint density at radius 1 is 1.35 bits per heavy atom. The summed E-state index contributed by atoms with van der Waals surface area (Å²) in [4.78, 5) is 8.02. The topological polar surface area (TPSA) is 81.9 Å². The second kappa shape index (κ2) is 9.03. The molecule has 0 aliphatic carbocycles. The maximum absolute atomic E-state index is 6.22. The van der Waals surface area contributed by atoms with E-state index in [4.69, 9.17) is 19.9 Å². The predicted molar refractivity (Wildman–Crippen MR) is 112 cm³/mol. The van der Waals surface area contributed by atoms with Crippen molar-refractivity contribution in [3.8, 4) is 5.75 Å². The van der Waals surface area contributed by atoms with Crippen molar-refractivity contribution in [3.05, 3.63) is 23.9 Å². The lowest BCUT2D eigenvalue weighted by atomic mass is 10.2. The van der Waals surface area contributed by atoms with Gasteiger partial charge in [-0.3, -0.25) is 4.99 Å². The zero-order chi connectivity index (χ0) is 18.5. The molecule has 0 spiro atoms. The number of thioether (sulfide) groups is 2. The first-order chi connectivity index (χ1) is 12.7. The Balaban J connectivity index is 1.74. The molecule has 0 saturated heterocycles. The molecule has 0 fully saturated rings. The Morgan fingerprint density at radius 3 is 2.88 bits per heavy atom. The van der Waals surface area contributed by atoms with Gasteiger partial charge in [0.25, 0.3) is 0 Å². The highest BCUT2D eigenvalue weighted by atomic mass is 32.2. The van der Waals surface area contributed by atoms with E-state index in [1.54, 1.807) is 26.0 Å². The van der Waals surface area contributed by atoms with Crippen molar-refractivity contribution in [3.63, 3.8) is 0 Å². The molecule has 1 unspecified atom stereocenters. The Hall–Kier alpha value is -1.35. The van der Waals surface area contributed by atoms with Crippen LogP contribution in [0.25, 0.3) is 10.9 Å². The molecular formula is C18H25N3O3S2. The molecule has 0 radical (unpaired) electrons. The van der Waals surface area contributed by atoms with Gasteiger partial charge in [0.1, 0.15) is 10.8 Å². The highest BCUT2D eigenvalue weighted by molar-refractivity contribution is 8.15. The Morgan fingerprint density at radius 2 is 2.15 bits per heavy atom. The van der Waals surface area contributed by atoms with Crippen LogP contribution in [0.15, 0.2) is 23.2 Å². The van der Waals surface area contributed by atoms with Gasteiger partial charge >= 0.3 is 0 Å². The maximum atomic E-state index is 6.22. The quantitative estimate of drug-likeness (QED) is 0.385. The van der Waals surface area contributed by atoms with Gasteiger partial charge in [0.15, 0.2) is 6.29 Å². The number of nitrogens with zero attached hydrogens (tertiary/aromatic N) is 1. The van der Waals surface area contributed by atoms with Gasteiger partial charge in [0.2, 0.25) is 0 Å². The van der Waals surface area contributed by atoms with Crippen molar-refractivity contribution < 1.29 is 14.2 Å². The van der Waals surface area contributed by atoms with Gasteiger partial charge in [-0.25, -0.2) is 0 Å². The zero-order valence-corrected chi connectivity index (χ0v) is 16.9. The fourth-order valence-electron chi connectivity index (χ4n) is 2.92. The summed E-state index contributed by atoms with van der Waals surface area (Å²) in [6, 6.07) is 5.97. The molecule has 2 aromatic rings. The number of benzene rings is 1. The minimum Gasteiger partial charge on any atom is -0.493 e. The Labute approximate surface area is 162 Å². The molecule has 3 rings (SSSR count). The van der Waals surface area contributed by atoms with Crippen LogP contribution < -0.4 is 10.5 Å². The standard InChI is InChI=1S/C18H25N3O3S2/c1-22-18(23-2)15-10-20-17(26-15)14-8-11-7-12(24-5-4-6-25-3)9-13(19)16(11)21-14/h7-9,15,18,21H,4-6,10,19H2,1-3H3. The average molecular weight is 396 g/mol. The van der Waals surface area contributed by atoms with Crippen LogP contribution in [0.3, 0.4) is 0 Å². The molecule has 6 nitrogen and oxygen atoms in total. The number of anilines is 1. The summed E-state index contributed by atoms with van der Waals surface area (Å²) in [6.07, 6.45) is 2.85. The van der Waals surface area contributed by atoms with E-state index in [-0.39, 0.29) is 11.5 Å². The maximum Gasteiger partial charge on any atom is 0.170 e. The second-order valence-corrected chi connectivity index (χ2v) is 8.21. The first kappa shape index (κ1) is 19.4. The molecule has 1 aromatic carbocycles. The number of aliphatic imine (C=N–C) groups is 1. The number of rotatable bonds is 9. The lowest BCUT2D eigenvalue weighted by Gasteiger charge is -2.18. The molecular weight excluding hydrogens is 370 g/mol. The molecule has 1 aromatic heterocycles. The number of methoxy groups -OCH3 is 2. The van der Waals surface area contributed by atoms with Gasteiger partial charge in [0.05, 0.1) is 35.3 Å². The van der Waals surface area contributed by atoms with Gasteiger partial charge in [-0.15, -0.1) is 0 Å². The summed E-state index contributed by atoms with van der Waals surface area (Å²) in [6.45, 7) is 1.36. The highest BCUT2D eigenvalue weighted by Crippen LogP contribution is 2.33. The van der Waals surface area contributed by atoms with Crippen LogP contribution in [0.5, 0.6) is 5.75 Å². The molecule has 0 bridgehead atoms. The third kappa shape index (κ3) is 4.31. The molecule has 8 heteroatoms. The van der Waals surface area contributed by atoms with E-state index in [1.165, 1.54) is 0 Å². The largest absolute Gasteiger partial charge is 0.493 e. The number of hydrogen-bond acceptors (Lipinski definition) is 7.